The molecule has 0 fully saturated rings. The average molecular weight is 291 g/mol. The van der Waals surface area contributed by atoms with Gasteiger partial charge in [-0.05, 0) is 36.5 Å². The summed E-state index contributed by atoms with van der Waals surface area (Å²) < 4.78 is 0. The zero-order valence-electron chi connectivity index (χ0n) is 10.7. The van der Waals surface area contributed by atoms with Crippen LogP contribution >= 0.6 is 23.2 Å². The molecular weight excluding hydrogens is 271 g/mol. The van der Waals surface area contributed by atoms with E-state index in [1.165, 1.54) is 0 Å². The fourth-order valence-electron chi connectivity index (χ4n) is 1.96. The predicted molar refractivity (Wildman–Crippen MR) is 76.4 cm³/mol. The normalized spacial score (nSPS) is 16.3. The van der Waals surface area contributed by atoms with Gasteiger partial charge in [0, 0.05) is 0 Å². The zero-order valence-corrected chi connectivity index (χ0v) is 12.2. The lowest BCUT2D eigenvalue weighted by Gasteiger charge is -2.21. The van der Waals surface area contributed by atoms with Crippen LogP contribution in [0.25, 0.3) is 0 Å². The number of hydrogen-bond donors (Lipinski definition) is 2. The molecular formula is C14H20Cl2O2. The summed E-state index contributed by atoms with van der Waals surface area (Å²) >= 11 is 11.8. The van der Waals surface area contributed by atoms with Gasteiger partial charge in [0.1, 0.15) is 0 Å². The van der Waals surface area contributed by atoms with Crippen LogP contribution in [0, 0.1) is 0 Å². The Kier molecular flexibility index (Phi) is 6.44. The minimum atomic E-state index is -0.700. The Balaban J connectivity index is 2.64. The van der Waals surface area contributed by atoms with E-state index < -0.39 is 12.2 Å². The molecule has 0 aliphatic heterocycles. The number of aliphatic hydroxyl groups is 2. The molecule has 2 N–H and O–H groups in total. The smallest absolute Gasteiger partial charge is 0.0804 e. The van der Waals surface area contributed by atoms with E-state index in [2.05, 4.69) is 0 Å². The highest BCUT2D eigenvalue weighted by molar-refractivity contribution is 6.42. The van der Waals surface area contributed by atoms with Crippen molar-refractivity contribution >= 4 is 23.2 Å². The SMILES string of the molecule is CCCC(O)C(O)CC(C)c1ccc(Cl)c(Cl)c1. The molecule has 4 heteroatoms. The fourth-order valence-corrected chi connectivity index (χ4v) is 2.27. The summed E-state index contributed by atoms with van der Waals surface area (Å²) in [5.41, 5.74) is 1.02. The summed E-state index contributed by atoms with van der Waals surface area (Å²) in [4.78, 5) is 0. The molecule has 0 aliphatic carbocycles. The molecule has 0 radical (unpaired) electrons. The Morgan fingerprint density at radius 3 is 2.33 bits per heavy atom. The van der Waals surface area contributed by atoms with Crippen molar-refractivity contribution in [3.8, 4) is 0 Å². The second-order valence-electron chi connectivity index (χ2n) is 4.73. The van der Waals surface area contributed by atoms with Gasteiger partial charge < -0.3 is 10.2 Å². The summed E-state index contributed by atoms with van der Waals surface area (Å²) in [6.07, 6.45) is 0.642. The van der Waals surface area contributed by atoms with Crippen molar-refractivity contribution in [3.05, 3.63) is 33.8 Å². The van der Waals surface area contributed by atoms with Crippen LogP contribution in [0.4, 0.5) is 0 Å². The lowest BCUT2D eigenvalue weighted by atomic mass is 9.92. The van der Waals surface area contributed by atoms with Crippen molar-refractivity contribution in [1.29, 1.82) is 0 Å². The topological polar surface area (TPSA) is 40.5 Å². The first-order valence-electron chi connectivity index (χ1n) is 6.26. The summed E-state index contributed by atoms with van der Waals surface area (Å²) in [6.45, 7) is 3.99. The largest absolute Gasteiger partial charge is 0.390 e. The van der Waals surface area contributed by atoms with Crippen molar-refractivity contribution in [1.82, 2.24) is 0 Å². The summed E-state index contributed by atoms with van der Waals surface area (Å²) in [7, 11) is 0. The van der Waals surface area contributed by atoms with E-state index in [4.69, 9.17) is 23.2 Å². The summed E-state index contributed by atoms with van der Waals surface area (Å²) in [5, 5.41) is 20.7. The summed E-state index contributed by atoms with van der Waals surface area (Å²) in [5.74, 6) is 0.126. The van der Waals surface area contributed by atoms with Gasteiger partial charge >= 0.3 is 0 Å². The molecule has 1 aromatic carbocycles. The van der Waals surface area contributed by atoms with E-state index in [0.29, 0.717) is 22.9 Å². The monoisotopic (exact) mass is 290 g/mol. The lowest BCUT2D eigenvalue weighted by Crippen LogP contribution is -2.27. The molecule has 1 rings (SSSR count). The quantitative estimate of drug-likeness (QED) is 0.831. The Morgan fingerprint density at radius 2 is 1.78 bits per heavy atom. The van der Waals surface area contributed by atoms with E-state index in [0.717, 1.165) is 12.0 Å². The van der Waals surface area contributed by atoms with Crippen molar-refractivity contribution in [2.24, 2.45) is 0 Å². The molecule has 0 heterocycles. The van der Waals surface area contributed by atoms with Crippen LogP contribution in [-0.2, 0) is 0 Å². The number of rotatable bonds is 6. The van der Waals surface area contributed by atoms with E-state index >= 15 is 0 Å². The maximum Gasteiger partial charge on any atom is 0.0804 e. The molecule has 0 amide bonds. The molecule has 0 bridgehead atoms. The fraction of sp³-hybridized carbons (Fsp3) is 0.571. The maximum absolute atomic E-state index is 9.90. The van der Waals surface area contributed by atoms with E-state index in [-0.39, 0.29) is 5.92 Å². The minimum absolute atomic E-state index is 0.126. The highest BCUT2D eigenvalue weighted by Crippen LogP contribution is 2.29. The van der Waals surface area contributed by atoms with Crippen molar-refractivity contribution in [2.45, 2.75) is 51.2 Å². The minimum Gasteiger partial charge on any atom is -0.390 e. The highest BCUT2D eigenvalue weighted by Gasteiger charge is 2.19. The molecule has 18 heavy (non-hydrogen) atoms. The van der Waals surface area contributed by atoms with Gasteiger partial charge in [-0.15, -0.1) is 0 Å². The van der Waals surface area contributed by atoms with Crippen molar-refractivity contribution in [2.75, 3.05) is 0 Å². The molecule has 0 saturated carbocycles. The third-order valence-electron chi connectivity index (χ3n) is 3.14. The standard InChI is InChI=1S/C14H20Cl2O2/c1-3-4-13(17)14(18)7-9(2)10-5-6-11(15)12(16)8-10/h5-6,8-9,13-14,17-18H,3-4,7H2,1-2H3. The first-order chi connectivity index (χ1) is 8.45. The average Bonchev–Trinajstić information content (AvgIpc) is 2.32. The third-order valence-corrected chi connectivity index (χ3v) is 3.88. The zero-order chi connectivity index (χ0) is 13.7. The molecule has 0 spiro atoms. The van der Waals surface area contributed by atoms with Gasteiger partial charge in [0.25, 0.3) is 0 Å². The van der Waals surface area contributed by atoms with Gasteiger partial charge in [0.2, 0.25) is 0 Å². The molecule has 0 aliphatic rings. The van der Waals surface area contributed by atoms with Crippen LogP contribution in [0.2, 0.25) is 10.0 Å². The number of halogens is 2. The molecule has 2 nitrogen and oxygen atoms in total. The van der Waals surface area contributed by atoms with Crippen LogP contribution < -0.4 is 0 Å². The number of aliphatic hydroxyl groups excluding tert-OH is 2. The molecule has 3 unspecified atom stereocenters. The first-order valence-corrected chi connectivity index (χ1v) is 7.02. The second-order valence-corrected chi connectivity index (χ2v) is 5.55. The van der Waals surface area contributed by atoms with Crippen LogP contribution in [0.5, 0.6) is 0 Å². The number of hydrogen-bond acceptors (Lipinski definition) is 2. The summed E-state index contributed by atoms with van der Waals surface area (Å²) in [6, 6.07) is 5.47. The predicted octanol–water partition coefficient (Wildman–Crippen LogP) is 4.01. The maximum atomic E-state index is 9.90. The van der Waals surface area contributed by atoms with Crippen LogP contribution in [0.1, 0.15) is 44.6 Å². The second kappa shape index (κ2) is 7.34. The van der Waals surface area contributed by atoms with Gasteiger partial charge in [0.15, 0.2) is 0 Å². The lowest BCUT2D eigenvalue weighted by molar-refractivity contribution is 0.00638. The number of benzene rings is 1. The molecule has 1 aromatic rings. The van der Waals surface area contributed by atoms with Crippen LogP contribution in [-0.4, -0.2) is 22.4 Å². The molecule has 0 aromatic heterocycles. The van der Waals surface area contributed by atoms with E-state index in [1.807, 2.05) is 26.0 Å². The third kappa shape index (κ3) is 4.43. The van der Waals surface area contributed by atoms with Crippen LogP contribution in [0.15, 0.2) is 18.2 Å². The molecule has 0 saturated heterocycles. The first kappa shape index (κ1) is 15.8. The van der Waals surface area contributed by atoms with E-state index in [9.17, 15) is 10.2 Å². The van der Waals surface area contributed by atoms with Gasteiger partial charge in [-0.2, -0.15) is 0 Å². The van der Waals surface area contributed by atoms with Crippen LogP contribution in [0.3, 0.4) is 0 Å². The van der Waals surface area contributed by atoms with E-state index in [1.54, 1.807) is 6.07 Å². The van der Waals surface area contributed by atoms with Gasteiger partial charge in [-0.3, -0.25) is 0 Å². The highest BCUT2D eigenvalue weighted by atomic mass is 35.5. The van der Waals surface area contributed by atoms with Gasteiger partial charge in [-0.1, -0.05) is 49.5 Å². The van der Waals surface area contributed by atoms with Gasteiger partial charge in [-0.25, -0.2) is 0 Å². The molecule has 102 valence electrons. The Bertz CT molecular complexity index is 382. The Hall–Kier alpha value is -0.280. The Morgan fingerprint density at radius 1 is 1.11 bits per heavy atom. The van der Waals surface area contributed by atoms with Crippen molar-refractivity contribution < 1.29 is 10.2 Å². The molecule has 3 atom stereocenters. The Labute approximate surface area is 119 Å². The van der Waals surface area contributed by atoms with Gasteiger partial charge in [0.05, 0.1) is 22.3 Å². The van der Waals surface area contributed by atoms with Crippen molar-refractivity contribution in [3.63, 3.8) is 0 Å².